The third-order valence-electron chi connectivity index (χ3n) is 1.09. The molecule has 0 aliphatic heterocycles. The van der Waals surface area contributed by atoms with Gasteiger partial charge < -0.3 is 5.73 Å². The fourth-order valence-electron chi connectivity index (χ4n) is 0.609. The van der Waals surface area contributed by atoms with Gasteiger partial charge in [-0.25, -0.2) is 4.98 Å². The molecule has 12 heavy (non-hydrogen) atoms. The largest absolute Gasteiger partial charge is 0.318 e. The number of halogens is 1. The Hall–Kier alpha value is 0.1000. The molecule has 1 aromatic heterocycles. The summed E-state index contributed by atoms with van der Waals surface area (Å²) in [5.74, 6) is 0.668. The van der Waals surface area contributed by atoms with E-state index in [1.54, 1.807) is 6.20 Å². The molecule has 0 aliphatic rings. The second kappa shape index (κ2) is 6.60. The fourth-order valence-corrected chi connectivity index (χ4v) is 1.50. The summed E-state index contributed by atoms with van der Waals surface area (Å²) in [5.41, 5.74) is 5.65. The molecule has 0 spiro atoms. The lowest BCUT2D eigenvalue weighted by Crippen LogP contribution is -2.16. The highest BCUT2D eigenvalue weighted by molar-refractivity contribution is 8.00. The molecule has 2 nitrogen and oxygen atoms in total. The van der Waals surface area contributed by atoms with Gasteiger partial charge in [0.05, 0.1) is 10.4 Å². The summed E-state index contributed by atoms with van der Waals surface area (Å²) in [4.78, 5) is 4.12. The topological polar surface area (TPSA) is 38.9 Å². The van der Waals surface area contributed by atoms with Gasteiger partial charge in [-0.15, -0.1) is 12.4 Å². The number of thioether (sulfide) groups is 1. The monoisotopic (exact) mass is 222 g/mol. The lowest BCUT2D eigenvalue weighted by molar-refractivity contribution is 1.04. The van der Waals surface area contributed by atoms with Crippen LogP contribution in [0, 0.1) is 0 Å². The molecule has 0 saturated heterocycles. The maximum Gasteiger partial charge on any atom is 0.0975 e. The SMILES string of the molecule is Cl.NC(CS)Sc1ccccn1. The summed E-state index contributed by atoms with van der Waals surface area (Å²) < 4.78 is 0. The van der Waals surface area contributed by atoms with Crippen LogP contribution in [0.15, 0.2) is 29.4 Å². The van der Waals surface area contributed by atoms with Crippen molar-refractivity contribution in [3.05, 3.63) is 24.4 Å². The smallest absolute Gasteiger partial charge is 0.0975 e. The Balaban J connectivity index is 0.00000121. The number of nitrogens with zero attached hydrogens (tertiary/aromatic N) is 1. The third-order valence-corrected chi connectivity index (χ3v) is 2.68. The lowest BCUT2D eigenvalue weighted by Gasteiger charge is -2.05. The van der Waals surface area contributed by atoms with Crippen LogP contribution < -0.4 is 5.73 Å². The minimum absolute atomic E-state index is 0. The minimum Gasteiger partial charge on any atom is -0.318 e. The Morgan fingerprint density at radius 2 is 2.33 bits per heavy atom. The highest BCUT2D eigenvalue weighted by Gasteiger charge is 2.01. The molecule has 0 bridgehead atoms. The van der Waals surface area contributed by atoms with E-state index in [2.05, 4.69) is 17.6 Å². The second-order valence-corrected chi connectivity index (χ2v) is 3.63. The van der Waals surface area contributed by atoms with Gasteiger partial charge in [0.2, 0.25) is 0 Å². The molecular weight excluding hydrogens is 212 g/mol. The third kappa shape index (κ3) is 4.21. The van der Waals surface area contributed by atoms with Crippen LogP contribution in [0.2, 0.25) is 0 Å². The molecule has 2 N–H and O–H groups in total. The van der Waals surface area contributed by atoms with Gasteiger partial charge in [0.1, 0.15) is 0 Å². The Bertz CT molecular complexity index is 208. The van der Waals surface area contributed by atoms with Crippen LogP contribution in [0.5, 0.6) is 0 Å². The molecule has 0 radical (unpaired) electrons. The summed E-state index contributed by atoms with van der Waals surface area (Å²) in [6.07, 6.45) is 1.76. The summed E-state index contributed by atoms with van der Waals surface area (Å²) in [7, 11) is 0. The van der Waals surface area contributed by atoms with Crippen molar-refractivity contribution in [1.29, 1.82) is 0 Å². The minimum atomic E-state index is 0. The zero-order chi connectivity index (χ0) is 8.10. The predicted octanol–water partition coefficient (Wildman–Crippen LogP) is 1.81. The predicted molar refractivity (Wildman–Crippen MR) is 59.2 cm³/mol. The number of thiol groups is 1. The number of hydrogen-bond donors (Lipinski definition) is 2. The molecule has 1 heterocycles. The van der Waals surface area contributed by atoms with Crippen molar-refractivity contribution >= 4 is 36.8 Å². The molecule has 1 atom stereocenters. The lowest BCUT2D eigenvalue weighted by atomic mass is 10.5. The van der Waals surface area contributed by atoms with E-state index in [0.717, 1.165) is 5.03 Å². The summed E-state index contributed by atoms with van der Waals surface area (Å²) in [5, 5.41) is 0.988. The zero-order valence-electron chi connectivity index (χ0n) is 6.38. The van der Waals surface area contributed by atoms with Gasteiger partial charge >= 0.3 is 0 Å². The van der Waals surface area contributed by atoms with E-state index in [9.17, 15) is 0 Å². The van der Waals surface area contributed by atoms with Crippen molar-refractivity contribution in [2.75, 3.05) is 5.75 Å². The normalized spacial score (nSPS) is 11.8. The second-order valence-electron chi connectivity index (χ2n) is 2.01. The molecule has 0 fully saturated rings. The number of hydrogen-bond acceptors (Lipinski definition) is 4. The molecule has 68 valence electrons. The first-order chi connectivity index (χ1) is 5.33. The highest BCUT2D eigenvalue weighted by atomic mass is 35.5. The van der Waals surface area contributed by atoms with E-state index < -0.39 is 0 Å². The summed E-state index contributed by atoms with van der Waals surface area (Å²) >= 11 is 5.61. The molecule has 0 aliphatic carbocycles. The van der Waals surface area contributed by atoms with Gasteiger partial charge in [0.25, 0.3) is 0 Å². The first-order valence-corrected chi connectivity index (χ1v) is 4.78. The maximum atomic E-state index is 5.65. The Labute approximate surface area is 88.2 Å². The van der Waals surface area contributed by atoms with Crippen molar-refractivity contribution in [3.63, 3.8) is 0 Å². The van der Waals surface area contributed by atoms with E-state index in [4.69, 9.17) is 5.73 Å². The van der Waals surface area contributed by atoms with Gasteiger partial charge in [-0.1, -0.05) is 17.8 Å². The van der Waals surface area contributed by atoms with Gasteiger partial charge in [0, 0.05) is 11.9 Å². The van der Waals surface area contributed by atoms with Crippen molar-refractivity contribution in [2.24, 2.45) is 5.73 Å². The van der Waals surface area contributed by atoms with Crippen LogP contribution in [0.4, 0.5) is 0 Å². The van der Waals surface area contributed by atoms with Crippen LogP contribution in [0.25, 0.3) is 0 Å². The van der Waals surface area contributed by atoms with Crippen molar-refractivity contribution in [1.82, 2.24) is 4.98 Å². The van der Waals surface area contributed by atoms with Gasteiger partial charge in [0.15, 0.2) is 0 Å². The van der Waals surface area contributed by atoms with E-state index in [-0.39, 0.29) is 17.8 Å². The van der Waals surface area contributed by atoms with Crippen molar-refractivity contribution in [2.45, 2.75) is 10.4 Å². The molecule has 0 aromatic carbocycles. The van der Waals surface area contributed by atoms with E-state index in [1.807, 2.05) is 18.2 Å². The maximum absolute atomic E-state index is 5.65. The van der Waals surface area contributed by atoms with Crippen molar-refractivity contribution < 1.29 is 0 Å². The van der Waals surface area contributed by atoms with Gasteiger partial charge in [-0.2, -0.15) is 12.6 Å². The summed E-state index contributed by atoms with van der Waals surface area (Å²) in [6.45, 7) is 0. The average Bonchev–Trinajstić information content (AvgIpc) is 2.06. The number of aromatic nitrogens is 1. The van der Waals surface area contributed by atoms with Crippen molar-refractivity contribution in [3.8, 4) is 0 Å². The highest BCUT2D eigenvalue weighted by Crippen LogP contribution is 2.17. The molecule has 1 unspecified atom stereocenters. The van der Waals surface area contributed by atoms with E-state index in [0.29, 0.717) is 5.75 Å². The van der Waals surface area contributed by atoms with Crippen LogP contribution in [-0.4, -0.2) is 16.1 Å². The standard InChI is InChI=1S/C7H10N2S2.ClH/c8-6(5-10)11-7-3-1-2-4-9-7;/h1-4,6,10H,5,8H2;1H. The van der Waals surface area contributed by atoms with Crippen LogP contribution in [0.1, 0.15) is 0 Å². The molecule has 0 amide bonds. The Morgan fingerprint density at radius 1 is 1.58 bits per heavy atom. The first-order valence-electron chi connectivity index (χ1n) is 3.27. The Morgan fingerprint density at radius 3 is 2.83 bits per heavy atom. The molecular formula is C7H11ClN2S2. The fraction of sp³-hybridized carbons (Fsp3) is 0.286. The van der Waals surface area contributed by atoms with E-state index >= 15 is 0 Å². The zero-order valence-corrected chi connectivity index (χ0v) is 8.91. The van der Waals surface area contributed by atoms with E-state index in [1.165, 1.54) is 11.8 Å². The van der Waals surface area contributed by atoms with Crippen LogP contribution >= 0.6 is 36.8 Å². The molecule has 0 saturated carbocycles. The Kier molecular flexibility index (Phi) is 6.65. The average molecular weight is 223 g/mol. The number of pyridine rings is 1. The van der Waals surface area contributed by atoms with Crippen LogP contribution in [0.3, 0.4) is 0 Å². The van der Waals surface area contributed by atoms with Gasteiger partial charge in [-0.05, 0) is 12.1 Å². The molecule has 1 aromatic rings. The number of rotatable bonds is 3. The molecule has 5 heteroatoms. The summed E-state index contributed by atoms with van der Waals surface area (Å²) in [6, 6.07) is 5.77. The number of nitrogens with two attached hydrogens (primary N) is 1. The quantitative estimate of drug-likeness (QED) is 0.466. The van der Waals surface area contributed by atoms with Gasteiger partial charge in [-0.3, -0.25) is 0 Å². The first kappa shape index (κ1) is 12.1. The molecule has 1 rings (SSSR count). The van der Waals surface area contributed by atoms with Crippen LogP contribution in [-0.2, 0) is 0 Å².